The molecule has 4 atom stereocenters. The van der Waals surface area contributed by atoms with Crippen molar-refractivity contribution in [1.29, 1.82) is 0 Å². The van der Waals surface area contributed by atoms with E-state index in [0.717, 1.165) is 6.92 Å². The van der Waals surface area contributed by atoms with Crippen LogP contribution >= 0.6 is 0 Å². The highest BCUT2D eigenvalue weighted by Gasteiger charge is 2.87. The summed E-state index contributed by atoms with van der Waals surface area (Å²) >= 11 is 0. The van der Waals surface area contributed by atoms with Crippen molar-refractivity contribution in [3.8, 4) is 0 Å². The minimum atomic E-state index is -6.56. The molecule has 1 heterocycles. The summed E-state index contributed by atoms with van der Waals surface area (Å²) < 4.78 is 163. The van der Waals surface area contributed by atoms with Crippen LogP contribution in [0.1, 0.15) is 65.7 Å². The molecule has 1 N–H and O–H groups in total. The number of aliphatic hydroxyl groups is 1. The van der Waals surface area contributed by atoms with Crippen LogP contribution in [0.2, 0.25) is 0 Å². The average molecular weight is 538 g/mol. The summed E-state index contributed by atoms with van der Waals surface area (Å²) in [5, 5.41) is 10.0. The van der Waals surface area contributed by atoms with E-state index in [-0.39, 0.29) is 26.7 Å². The summed E-state index contributed by atoms with van der Waals surface area (Å²) in [6.07, 6.45) is -21.7. The molecule has 0 bridgehead atoms. The Kier molecular flexibility index (Phi) is 7.33. The molecule has 2 rings (SSSR count). The molecule has 0 aromatic heterocycles. The number of rotatable bonds is 4. The third-order valence-corrected chi connectivity index (χ3v) is 7.24. The fraction of sp³-hybridized carbons (Fsp3) is 0.950. The van der Waals surface area contributed by atoms with Gasteiger partial charge in [0.05, 0.1) is 0 Å². The first-order valence-corrected chi connectivity index (χ1v) is 10.7. The second kappa shape index (κ2) is 8.59. The molecule has 0 radical (unpaired) electrons. The number of carbonyl (C=O) groups excluding carboxylic acids is 1. The summed E-state index contributed by atoms with van der Waals surface area (Å²) in [7, 11) is 0. The van der Waals surface area contributed by atoms with Crippen LogP contribution in [0.25, 0.3) is 0 Å². The topological polar surface area (TPSA) is 55.8 Å². The van der Waals surface area contributed by atoms with E-state index < -0.39 is 84.4 Å². The largest absolute Gasteiger partial charge is 0.451 e. The number of hydrogen-bond donors (Lipinski definition) is 1. The maximum absolute atomic E-state index is 15.7. The highest BCUT2D eigenvalue weighted by atomic mass is 19.4. The Balaban J connectivity index is 2.87. The molecule has 2 aliphatic rings. The van der Waals surface area contributed by atoms with E-state index in [0.29, 0.717) is 6.42 Å². The standard InChI is InChI=1S/C20H25F11O4/c1-4-13(2,18(23,24)25)12(32)34-15(11-8-6-5-7-9-11)10-14(3,19(26,27)28)35-17(33,16(15,21)22)20(29,30)31/h11,33H,4-10H2,1-3H3. The van der Waals surface area contributed by atoms with Gasteiger partial charge < -0.3 is 14.6 Å². The molecule has 1 aliphatic carbocycles. The third-order valence-electron chi connectivity index (χ3n) is 7.24. The highest BCUT2D eigenvalue weighted by Crippen LogP contribution is 2.64. The zero-order valence-corrected chi connectivity index (χ0v) is 18.9. The maximum Gasteiger partial charge on any atom is 0.449 e. The Hall–Kier alpha value is -1.38. The predicted molar refractivity (Wildman–Crippen MR) is 96.0 cm³/mol. The third kappa shape index (κ3) is 4.37. The van der Waals surface area contributed by atoms with Crippen LogP contribution in [0.5, 0.6) is 0 Å². The van der Waals surface area contributed by atoms with Gasteiger partial charge in [-0.1, -0.05) is 26.2 Å². The number of halogens is 11. The summed E-state index contributed by atoms with van der Waals surface area (Å²) in [6.45, 7) is 0.990. The van der Waals surface area contributed by atoms with Crippen LogP contribution in [-0.4, -0.2) is 52.5 Å². The molecule has 15 heteroatoms. The molecule has 1 saturated heterocycles. The molecule has 35 heavy (non-hydrogen) atoms. The first-order valence-electron chi connectivity index (χ1n) is 10.7. The summed E-state index contributed by atoms with van der Waals surface area (Å²) in [4.78, 5) is 12.7. The number of ether oxygens (including phenoxy) is 2. The van der Waals surface area contributed by atoms with Gasteiger partial charge in [-0.05, 0) is 33.1 Å². The quantitative estimate of drug-likeness (QED) is 0.330. The Morgan fingerprint density at radius 2 is 1.46 bits per heavy atom. The van der Waals surface area contributed by atoms with Gasteiger partial charge in [0.1, 0.15) is 0 Å². The predicted octanol–water partition coefficient (Wildman–Crippen LogP) is 6.45. The zero-order valence-electron chi connectivity index (χ0n) is 18.9. The smallest absolute Gasteiger partial charge is 0.449 e. The number of hydrogen-bond acceptors (Lipinski definition) is 4. The number of alkyl halides is 11. The van der Waals surface area contributed by atoms with Crippen molar-refractivity contribution < 1.29 is 67.7 Å². The fourth-order valence-corrected chi connectivity index (χ4v) is 4.61. The highest BCUT2D eigenvalue weighted by molar-refractivity contribution is 5.78. The molecule has 1 aliphatic heterocycles. The van der Waals surface area contributed by atoms with E-state index in [1.54, 1.807) is 0 Å². The molecule has 206 valence electrons. The van der Waals surface area contributed by atoms with Gasteiger partial charge >= 0.3 is 36.2 Å². The van der Waals surface area contributed by atoms with E-state index in [1.807, 2.05) is 0 Å². The monoisotopic (exact) mass is 538 g/mol. The van der Waals surface area contributed by atoms with Gasteiger partial charge in [-0.3, -0.25) is 4.79 Å². The fourth-order valence-electron chi connectivity index (χ4n) is 4.61. The molecule has 0 spiro atoms. The van der Waals surface area contributed by atoms with E-state index in [1.165, 1.54) is 0 Å². The first-order chi connectivity index (χ1) is 15.5. The summed E-state index contributed by atoms with van der Waals surface area (Å²) in [6, 6.07) is 0. The molecule has 4 nitrogen and oxygen atoms in total. The molecule has 0 aromatic rings. The average Bonchev–Trinajstić information content (AvgIpc) is 2.69. The van der Waals surface area contributed by atoms with Gasteiger partial charge in [0.25, 0.3) is 0 Å². The van der Waals surface area contributed by atoms with Gasteiger partial charge in [0, 0.05) is 12.3 Å². The minimum absolute atomic E-state index is 0.0123. The molecule has 4 unspecified atom stereocenters. The zero-order chi connectivity index (χ0) is 27.5. The molecular weight excluding hydrogens is 513 g/mol. The summed E-state index contributed by atoms with van der Waals surface area (Å²) in [5.74, 6) is -16.1. The lowest BCUT2D eigenvalue weighted by Crippen LogP contribution is -2.80. The van der Waals surface area contributed by atoms with E-state index in [2.05, 4.69) is 9.47 Å². The SMILES string of the molecule is CCC(C)(C(=O)OC1(C2CCCCC2)CC(C)(C(F)(F)F)OC(O)(C(F)(F)F)C1(F)F)C(F)(F)F. The first kappa shape index (κ1) is 29.8. The van der Waals surface area contributed by atoms with Crippen LogP contribution in [0.4, 0.5) is 48.3 Å². The number of carbonyl (C=O) groups is 1. The van der Waals surface area contributed by atoms with Gasteiger partial charge in [-0.25, -0.2) is 0 Å². The number of esters is 1. The Morgan fingerprint density at radius 1 is 0.971 bits per heavy atom. The Morgan fingerprint density at radius 3 is 1.83 bits per heavy atom. The maximum atomic E-state index is 15.7. The van der Waals surface area contributed by atoms with Gasteiger partial charge in [0.15, 0.2) is 16.6 Å². The molecule has 1 saturated carbocycles. The van der Waals surface area contributed by atoms with Crippen LogP contribution in [0, 0.1) is 11.3 Å². The van der Waals surface area contributed by atoms with Crippen LogP contribution in [0.3, 0.4) is 0 Å². The van der Waals surface area contributed by atoms with Gasteiger partial charge in [0.2, 0.25) is 0 Å². The van der Waals surface area contributed by atoms with Crippen LogP contribution < -0.4 is 0 Å². The molecule has 0 amide bonds. The lowest BCUT2D eigenvalue weighted by molar-refractivity contribution is -0.520. The van der Waals surface area contributed by atoms with Crippen molar-refractivity contribution in [2.75, 3.05) is 0 Å². The van der Waals surface area contributed by atoms with Gasteiger partial charge in [-0.15, -0.1) is 0 Å². The van der Waals surface area contributed by atoms with Crippen LogP contribution in [0.15, 0.2) is 0 Å². The second-order valence-corrected chi connectivity index (χ2v) is 9.52. The normalized spacial score (nSPS) is 34.8. The van der Waals surface area contributed by atoms with E-state index in [9.17, 15) is 49.4 Å². The van der Waals surface area contributed by atoms with Crippen molar-refractivity contribution in [3.05, 3.63) is 0 Å². The van der Waals surface area contributed by atoms with Crippen molar-refractivity contribution >= 4 is 5.97 Å². The molecular formula is C20H25F11O4. The van der Waals surface area contributed by atoms with Crippen LogP contribution in [-0.2, 0) is 14.3 Å². The van der Waals surface area contributed by atoms with E-state index >= 15 is 8.78 Å². The lowest BCUT2D eigenvalue weighted by atomic mass is 9.64. The van der Waals surface area contributed by atoms with E-state index in [4.69, 9.17) is 0 Å². The molecule has 0 aromatic carbocycles. The lowest BCUT2D eigenvalue weighted by Gasteiger charge is -2.59. The summed E-state index contributed by atoms with van der Waals surface area (Å²) in [5.41, 5.74) is -11.8. The van der Waals surface area contributed by atoms with Crippen molar-refractivity contribution in [1.82, 2.24) is 0 Å². The van der Waals surface area contributed by atoms with Gasteiger partial charge in [-0.2, -0.15) is 48.3 Å². The Bertz CT molecular complexity index is 802. The van der Waals surface area contributed by atoms with Crippen molar-refractivity contribution in [2.45, 2.75) is 107 Å². The van der Waals surface area contributed by atoms with Crippen molar-refractivity contribution in [2.24, 2.45) is 11.3 Å². The minimum Gasteiger partial charge on any atom is -0.451 e. The second-order valence-electron chi connectivity index (χ2n) is 9.52. The van der Waals surface area contributed by atoms with Crippen molar-refractivity contribution in [3.63, 3.8) is 0 Å². The molecule has 2 fully saturated rings. The Labute approximate surface area is 193 Å².